The number of thiazole rings is 1. The topological polar surface area (TPSA) is 38.9 Å². The summed E-state index contributed by atoms with van der Waals surface area (Å²) in [6.45, 7) is 4.14. The standard InChI is InChI=1S/C6H9ClN2S/c1-3(2)4-5(7)9-6(8)10-4/h3H,1-2H3,(H2,8,9). The highest BCUT2D eigenvalue weighted by Gasteiger charge is 2.09. The molecule has 1 heterocycles. The number of aromatic nitrogens is 1. The number of anilines is 1. The van der Waals surface area contributed by atoms with Crippen LogP contribution in [0.2, 0.25) is 5.15 Å². The van der Waals surface area contributed by atoms with Crippen LogP contribution in [-0.4, -0.2) is 4.98 Å². The van der Waals surface area contributed by atoms with E-state index < -0.39 is 0 Å². The molecule has 56 valence electrons. The molecule has 0 bridgehead atoms. The van der Waals surface area contributed by atoms with E-state index in [1.54, 1.807) is 0 Å². The van der Waals surface area contributed by atoms with Gasteiger partial charge >= 0.3 is 0 Å². The van der Waals surface area contributed by atoms with Crippen LogP contribution in [0.3, 0.4) is 0 Å². The van der Waals surface area contributed by atoms with Crippen molar-refractivity contribution in [2.24, 2.45) is 0 Å². The largest absolute Gasteiger partial charge is 0.375 e. The number of nitrogens with two attached hydrogens (primary N) is 1. The zero-order chi connectivity index (χ0) is 7.72. The molecule has 0 aliphatic carbocycles. The molecule has 0 unspecified atom stereocenters. The molecule has 4 heteroatoms. The van der Waals surface area contributed by atoms with Crippen molar-refractivity contribution in [3.8, 4) is 0 Å². The molecule has 0 radical (unpaired) electrons. The molecule has 0 aromatic carbocycles. The summed E-state index contributed by atoms with van der Waals surface area (Å²) in [5.74, 6) is 0.419. The molecule has 0 saturated carbocycles. The first-order valence-electron chi connectivity index (χ1n) is 3.03. The first kappa shape index (κ1) is 7.82. The summed E-state index contributed by atoms with van der Waals surface area (Å²) in [5.41, 5.74) is 5.44. The maximum atomic E-state index is 5.76. The van der Waals surface area contributed by atoms with Gasteiger partial charge in [0.15, 0.2) is 5.13 Å². The molecule has 2 N–H and O–H groups in total. The van der Waals surface area contributed by atoms with Gasteiger partial charge in [0.2, 0.25) is 0 Å². The van der Waals surface area contributed by atoms with Crippen LogP contribution in [0.1, 0.15) is 24.6 Å². The molecule has 2 nitrogen and oxygen atoms in total. The van der Waals surface area contributed by atoms with E-state index in [0.717, 1.165) is 4.88 Å². The Labute approximate surface area is 69.0 Å². The third kappa shape index (κ3) is 1.41. The molecular weight excluding hydrogens is 168 g/mol. The Hall–Kier alpha value is -0.280. The molecule has 1 rings (SSSR count). The molecule has 0 aliphatic heterocycles. The fraction of sp³-hybridized carbons (Fsp3) is 0.500. The van der Waals surface area contributed by atoms with Crippen molar-refractivity contribution in [2.45, 2.75) is 19.8 Å². The summed E-state index contributed by atoms with van der Waals surface area (Å²) in [6.07, 6.45) is 0. The fourth-order valence-corrected chi connectivity index (χ4v) is 1.89. The number of halogens is 1. The number of nitrogens with zero attached hydrogens (tertiary/aromatic N) is 1. The van der Waals surface area contributed by atoms with Gasteiger partial charge in [0.1, 0.15) is 5.15 Å². The molecule has 0 fully saturated rings. The maximum absolute atomic E-state index is 5.76. The molecule has 10 heavy (non-hydrogen) atoms. The van der Waals surface area contributed by atoms with Gasteiger partial charge in [-0.25, -0.2) is 4.98 Å². The van der Waals surface area contributed by atoms with E-state index in [1.165, 1.54) is 11.3 Å². The highest BCUT2D eigenvalue weighted by atomic mass is 35.5. The van der Waals surface area contributed by atoms with E-state index >= 15 is 0 Å². The minimum Gasteiger partial charge on any atom is -0.375 e. The number of hydrogen-bond acceptors (Lipinski definition) is 3. The average Bonchev–Trinajstić information content (AvgIpc) is 2.10. The lowest BCUT2D eigenvalue weighted by Crippen LogP contribution is -1.81. The van der Waals surface area contributed by atoms with Crippen LogP contribution < -0.4 is 5.73 Å². The zero-order valence-electron chi connectivity index (χ0n) is 5.89. The first-order chi connectivity index (χ1) is 4.61. The van der Waals surface area contributed by atoms with Crippen molar-refractivity contribution in [1.82, 2.24) is 4.98 Å². The molecule has 1 aromatic heterocycles. The lowest BCUT2D eigenvalue weighted by atomic mass is 10.2. The summed E-state index contributed by atoms with van der Waals surface area (Å²) in [4.78, 5) is 4.96. The molecule has 1 aromatic rings. The number of hydrogen-bond donors (Lipinski definition) is 1. The molecule has 0 amide bonds. The number of rotatable bonds is 1. The third-order valence-corrected chi connectivity index (χ3v) is 2.74. The fourth-order valence-electron chi connectivity index (χ4n) is 0.685. The summed E-state index contributed by atoms with van der Waals surface area (Å²) in [5, 5.41) is 1.10. The van der Waals surface area contributed by atoms with Crippen LogP contribution in [0.25, 0.3) is 0 Å². The van der Waals surface area contributed by atoms with Crippen molar-refractivity contribution in [2.75, 3.05) is 5.73 Å². The van der Waals surface area contributed by atoms with Gasteiger partial charge in [0, 0.05) is 4.88 Å². The molecule has 0 aliphatic rings. The van der Waals surface area contributed by atoms with E-state index in [-0.39, 0.29) is 0 Å². The second-order valence-corrected chi connectivity index (χ2v) is 3.78. The summed E-state index contributed by atoms with van der Waals surface area (Å²) >= 11 is 7.22. The van der Waals surface area contributed by atoms with Crippen LogP contribution in [0.4, 0.5) is 5.13 Å². The van der Waals surface area contributed by atoms with Crippen molar-refractivity contribution in [3.05, 3.63) is 10.0 Å². The minimum absolute atomic E-state index is 0.419. The first-order valence-corrected chi connectivity index (χ1v) is 4.22. The van der Waals surface area contributed by atoms with Crippen molar-refractivity contribution < 1.29 is 0 Å². The van der Waals surface area contributed by atoms with E-state index in [4.69, 9.17) is 17.3 Å². The van der Waals surface area contributed by atoms with Gasteiger partial charge in [0.25, 0.3) is 0 Å². The van der Waals surface area contributed by atoms with E-state index in [2.05, 4.69) is 18.8 Å². The Kier molecular flexibility index (Phi) is 2.16. The van der Waals surface area contributed by atoms with Crippen molar-refractivity contribution >= 4 is 28.1 Å². The van der Waals surface area contributed by atoms with Gasteiger partial charge in [-0.1, -0.05) is 25.4 Å². The second-order valence-electron chi connectivity index (χ2n) is 2.36. The Morgan fingerprint density at radius 2 is 2.20 bits per heavy atom. The Morgan fingerprint density at radius 3 is 2.40 bits per heavy atom. The van der Waals surface area contributed by atoms with Gasteiger partial charge in [-0.15, -0.1) is 11.3 Å². The van der Waals surface area contributed by atoms with Crippen LogP contribution in [-0.2, 0) is 0 Å². The van der Waals surface area contributed by atoms with Crippen LogP contribution in [0.5, 0.6) is 0 Å². The average molecular weight is 177 g/mol. The number of nitrogen functional groups attached to an aromatic ring is 1. The van der Waals surface area contributed by atoms with Gasteiger partial charge in [0.05, 0.1) is 0 Å². The molecule has 0 atom stereocenters. The van der Waals surface area contributed by atoms with Gasteiger partial charge in [-0.2, -0.15) is 0 Å². The van der Waals surface area contributed by atoms with Gasteiger partial charge in [-0.3, -0.25) is 0 Å². The van der Waals surface area contributed by atoms with Crippen molar-refractivity contribution in [3.63, 3.8) is 0 Å². The lowest BCUT2D eigenvalue weighted by Gasteiger charge is -1.97. The second kappa shape index (κ2) is 2.76. The molecule has 0 spiro atoms. The van der Waals surface area contributed by atoms with Crippen LogP contribution in [0.15, 0.2) is 0 Å². The molecular formula is C6H9ClN2S. The highest BCUT2D eigenvalue weighted by molar-refractivity contribution is 7.16. The lowest BCUT2D eigenvalue weighted by molar-refractivity contribution is 0.886. The summed E-state index contributed by atoms with van der Waals surface area (Å²) < 4.78 is 0. The van der Waals surface area contributed by atoms with Crippen LogP contribution in [0, 0.1) is 0 Å². The monoisotopic (exact) mass is 176 g/mol. The maximum Gasteiger partial charge on any atom is 0.181 e. The third-order valence-electron chi connectivity index (χ3n) is 1.15. The van der Waals surface area contributed by atoms with Gasteiger partial charge in [-0.05, 0) is 5.92 Å². The normalized spacial score (nSPS) is 10.8. The highest BCUT2D eigenvalue weighted by Crippen LogP contribution is 2.30. The van der Waals surface area contributed by atoms with E-state index in [9.17, 15) is 0 Å². The van der Waals surface area contributed by atoms with Gasteiger partial charge < -0.3 is 5.73 Å². The van der Waals surface area contributed by atoms with Crippen LogP contribution >= 0.6 is 22.9 Å². The summed E-state index contributed by atoms with van der Waals surface area (Å²) in [7, 11) is 0. The predicted molar refractivity (Wildman–Crippen MR) is 45.6 cm³/mol. The quantitative estimate of drug-likeness (QED) is 0.714. The van der Waals surface area contributed by atoms with E-state index in [1.807, 2.05) is 0 Å². The van der Waals surface area contributed by atoms with E-state index in [0.29, 0.717) is 16.2 Å². The smallest absolute Gasteiger partial charge is 0.181 e. The Morgan fingerprint density at radius 1 is 1.60 bits per heavy atom. The zero-order valence-corrected chi connectivity index (χ0v) is 7.46. The summed E-state index contributed by atoms with van der Waals surface area (Å²) in [6, 6.07) is 0. The van der Waals surface area contributed by atoms with Crippen molar-refractivity contribution in [1.29, 1.82) is 0 Å². The molecule has 0 saturated heterocycles. The Balaban J connectivity index is 3.03. The minimum atomic E-state index is 0.419. The SMILES string of the molecule is CC(C)c1sc(N)nc1Cl. The Bertz CT molecular complexity index is 232. The predicted octanol–water partition coefficient (Wildman–Crippen LogP) is 2.50.